The number of phenolic OH excluding ortho intramolecular Hbond substituents is 1. The van der Waals surface area contributed by atoms with Crippen LogP contribution in [0.3, 0.4) is 0 Å². The lowest BCUT2D eigenvalue weighted by Crippen LogP contribution is -2.43. The molecule has 5 heteroatoms. The van der Waals surface area contributed by atoms with E-state index in [2.05, 4.69) is 0 Å². The summed E-state index contributed by atoms with van der Waals surface area (Å²) in [5.41, 5.74) is 6.75. The second-order valence-corrected chi connectivity index (χ2v) is 4.10. The van der Waals surface area contributed by atoms with Gasteiger partial charge in [0.05, 0.1) is 19.2 Å². The van der Waals surface area contributed by atoms with Crippen LogP contribution in [0.5, 0.6) is 5.75 Å². The number of amides is 1. The van der Waals surface area contributed by atoms with Gasteiger partial charge in [-0.25, -0.2) is 5.06 Å². The van der Waals surface area contributed by atoms with Gasteiger partial charge >= 0.3 is 0 Å². The molecule has 0 aliphatic carbocycles. The molecule has 0 saturated carbocycles. The smallest absolute Gasteiger partial charge is 0.263 e. The number of benzene rings is 1. The number of hydroxylamine groups is 2. The fraction of sp³-hybridized carbons (Fsp3) is 0.417. The number of nitrogens with two attached hydrogens (primary N) is 1. The van der Waals surface area contributed by atoms with E-state index in [1.165, 1.54) is 5.06 Å². The number of hydrogen-bond acceptors (Lipinski definition) is 4. The molecule has 5 nitrogen and oxygen atoms in total. The lowest BCUT2D eigenvalue weighted by atomic mass is 10.1. The summed E-state index contributed by atoms with van der Waals surface area (Å²) in [4.78, 5) is 17.0. The molecule has 17 heavy (non-hydrogen) atoms. The third-order valence-corrected chi connectivity index (χ3v) is 2.71. The molecule has 0 aromatic heterocycles. The minimum absolute atomic E-state index is 0.185. The number of carbonyl (C=O) groups excluding carboxylic acids is 1. The van der Waals surface area contributed by atoms with E-state index in [0.29, 0.717) is 19.6 Å². The molecule has 1 aromatic rings. The highest BCUT2D eigenvalue weighted by Crippen LogP contribution is 2.12. The minimum atomic E-state index is -0.599. The van der Waals surface area contributed by atoms with Gasteiger partial charge in [0, 0.05) is 0 Å². The van der Waals surface area contributed by atoms with Gasteiger partial charge < -0.3 is 10.8 Å². The van der Waals surface area contributed by atoms with Gasteiger partial charge in [-0.2, -0.15) is 0 Å². The van der Waals surface area contributed by atoms with Crippen molar-refractivity contribution in [1.29, 1.82) is 0 Å². The van der Waals surface area contributed by atoms with E-state index in [0.717, 1.165) is 12.0 Å². The number of hydrogen-bond donors (Lipinski definition) is 2. The van der Waals surface area contributed by atoms with Crippen LogP contribution in [-0.2, 0) is 16.1 Å². The Labute approximate surface area is 99.7 Å². The molecular formula is C12H16N2O3. The van der Waals surface area contributed by atoms with Gasteiger partial charge in [0.2, 0.25) is 0 Å². The molecule has 1 aliphatic rings. The average Bonchev–Trinajstić information content (AvgIpc) is 2.84. The zero-order valence-corrected chi connectivity index (χ0v) is 9.50. The van der Waals surface area contributed by atoms with Gasteiger partial charge in [-0.05, 0) is 30.5 Å². The van der Waals surface area contributed by atoms with Crippen LogP contribution in [0.2, 0.25) is 0 Å². The third kappa shape index (κ3) is 2.95. The monoisotopic (exact) mass is 236 g/mol. The largest absolute Gasteiger partial charge is 0.508 e. The molecule has 0 unspecified atom stereocenters. The van der Waals surface area contributed by atoms with Gasteiger partial charge in [-0.1, -0.05) is 12.1 Å². The van der Waals surface area contributed by atoms with Crippen LogP contribution in [0.1, 0.15) is 12.0 Å². The molecule has 1 atom stereocenters. The molecule has 1 aromatic carbocycles. The molecule has 0 spiro atoms. The minimum Gasteiger partial charge on any atom is -0.508 e. The van der Waals surface area contributed by atoms with Crippen molar-refractivity contribution in [2.45, 2.75) is 18.9 Å². The summed E-state index contributed by atoms with van der Waals surface area (Å²) in [6.45, 7) is 1.19. The zero-order chi connectivity index (χ0) is 12.3. The average molecular weight is 236 g/mol. The summed E-state index contributed by atoms with van der Waals surface area (Å²) in [5.74, 6) is 0.0205. The van der Waals surface area contributed by atoms with E-state index in [1.807, 2.05) is 0 Å². The maximum atomic E-state index is 11.8. The number of nitrogens with zero attached hydrogens (tertiary/aromatic N) is 1. The Bertz CT molecular complexity index is 385. The van der Waals surface area contributed by atoms with E-state index in [-0.39, 0.29) is 11.7 Å². The Morgan fingerprint density at radius 1 is 1.47 bits per heavy atom. The van der Waals surface area contributed by atoms with Gasteiger partial charge in [-0.15, -0.1) is 0 Å². The van der Waals surface area contributed by atoms with E-state index < -0.39 is 6.04 Å². The fourth-order valence-electron chi connectivity index (χ4n) is 1.78. The molecule has 1 amide bonds. The van der Waals surface area contributed by atoms with Crippen LogP contribution in [0.15, 0.2) is 24.3 Å². The molecule has 1 aliphatic heterocycles. The number of carbonyl (C=O) groups is 1. The summed E-state index contributed by atoms with van der Waals surface area (Å²) < 4.78 is 0. The number of phenols is 1. The summed E-state index contributed by atoms with van der Waals surface area (Å²) in [5, 5.41) is 10.5. The predicted octanol–water partition coefficient (Wildman–Crippen LogP) is 0.426. The van der Waals surface area contributed by atoms with Crippen molar-refractivity contribution in [3.63, 3.8) is 0 Å². The van der Waals surface area contributed by atoms with Crippen molar-refractivity contribution in [1.82, 2.24) is 5.06 Å². The Balaban J connectivity index is 1.93. The van der Waals surface area contributed by atoms with Crippen molar-refractivity contribution in [2.24, 2.45) is 5.73 Å². The molecule has 0 bridgehead atoms. The summed E-state index contributed by atoms with van der Waals surface area (Å²) in [7, 11) is 0. The number of aromatic hydroxyl groups is 1. The Kier molecular flexibility index (Phi) is 3.61. The number of rotatable bonds is 3. The van der Waals surface area contributed by atoms with Crippen LogP contribution in [0.25, 0.3) is 0 Å². The van der Waals surface area contributed by atoms with Crippen molar-refractivity contribution < 1.29 is 14.7 Å². The lowest BCUT2D eigenvalue weighted by molar-refractivity contribution is -0.170. The molecule has 3 N–H and O–H groups in total. The van der Waals surface area contributed by atoms with Crippen molar-refractivity contribution in [2.75, 3.05) is 13.2 Å². The van der Waals surface area contributed by atoms with Crippen LogP contribution in [0, 0.1) is 0 Å². The highest BCUT2D eigenvalue weighted by molar-refractivity contribution is 5.81. The van der Waals surface area contributed by atoms with Crippen LogP contribution < -0.4 is 5.73 Å². The van der Waals surface area contributed by atoms with Crippen molar-refractivity contribution >= 4 is 5.91 Å². The molecule has 0 radical (unpaired) electrons. The van der Waals surface area contributed by atoms with Crippen LogP contribution in [0.4, 0.5) is 0 Å². The topological polar surface area (TPSA) is 75.8 Å². The van der Waals surface area contributed by atoms with Gasteiger partial charge in [0.25, 0.3) is 5.91 Å². The Morgan fingerprint density at radius 2 is 2.18 bits per heavy atom. The first-order valence-corrected chi connectivity index (χ1v) is 5.64. The van der Waals surface area contributed by atoms with E-state index >= 15 is 0 Å². The Hall–Kier alpha value is -1.59. The normalized spacial score (nSPS) is 17.1. The van der Waals surface area contributed by atoms with E-state index in [1.54, 1.807) is 24.3 Å². The summed E-state index contributed by atoms with van der Waals surface area (Å²) in [6, 6.07) is 6.08. The molecule has 1 heterocycles. The quantitative estimate of drug-likeness (QED) is 0.797. The van der Waals surface area contributed by atoms with Crippen LogP contribution in [-0.4, -0.2) is 35.3 Å². The first kappa shape index (κ1) is 11.9. The molecule has 92 valence electrons. The van der Waals surface area contributed by atoms with Crippen molar-refractivity contribution in [3.05, 3.63) is 29.8 Å². The van der Waals surface area contributed by atoms with E-state index in [4.69, 9.17) is 15.7 Å². The first-order chi connectivity index (χ1) is 8.16. The van der Waals surface area contributed by atoms with Gasteiger partial charge in [-0.3, -0.25) is 9.63 Å². The lowest BCUT2D eigenvalue weighted by Gasteiger charge is -2.18. The third-order valence-electron chi connectivity index (χ3n) is 2.71. The second-order valence-electron chi connectivity index (χ2n) is 4.10. The SMILES string of the molecule is N[C@@H](Cc1ccc(O)cc1)C(=O)N1CCCO1. The standard InChI is InChI=1S/C12H16N2O3/c13-11(12(16)14-6-1-7-17-14)8-9-2-4-10(15)5-3-9/h2-5,11,15H,1,6-8,13H2/t11-/m0/s1. The maximum absolute atomic E-state index is 11.8. The molecule has 2 rings (SSSR count). The first-order valence-electron chi connectivity index (χ1n) is 5.64. The highest BCUT2D eigenvalue weighted by Gasteiger charge is 2.24. The summed E-state index contributed by atoms with van der Waals surface area (Å²) >= 11 is 0. The molecule has 1 saturated heterocycles. The zero-order valence-electron chi connectivity index (χ0n) is 9.50. The van der Waals surface area contributed by atoms with Crippen molar-refractivity contribution in [3.8, 4) is 5.75 Å². The summed E-state index contributed by atoms with van der Waals surface area (Å²) in [6.07, 6.45) is 1.30. The van der Waals surface area contributed by atoms with E-state index in [9.17, 15) is 4.79 Å². The second kappa shape index (κ2) is 5.16. The fourth-order valence-corrected chi connectivity index (χ4v) is 1.78. The molecular weight excluding hydrogens is 220 g/mol. The molecule has 1 fully saturated rings. The van der Waals surface area contributed by atoms with Crippen LogP contribution >= 0.6 is 0 Å². The highest BCUT2D eigenvalue weighted by atomic mass is 16.7. The maximum Gasteiger partial charge on any atom is 0.263 e. The Morgan fingerprint density at radius 3 is 2.76 bits per heavy atom. The van der Waals surface area contributed by atoms with Gasteiger partial charge in [0.1, 0.15) is 5.75 Å². The van der Waals surface area contributed by atoms with Gasteiger partial charge in [0.15, 0.2) is 0 Å². The predicted molar refractivity (Wildman–Crippen MR) is 62.1 cm³/mol.